The van der Waals surface area contributed by atoms with Gasteiger partial charge in [0.2, 0.25) is 0 Å². The first-order chi connectivity index (χ1) is 10.2. The topological polar surface area (TPSA) is 47.8 Å². The van der Waals surface area contributed by atoms with Crippen LogP contribution in [0.4, 0.5) is 0 Å². The normalized spacial score (nSPS) is 11.0. The molecule has 2 aromatic heterocycles. The van der Waals surface area contributed by atoms with Gasteiger partial charge >= 0.3 is 0 Å². The fourth-order valence-corrected chi connectivity index (χ4v) is 2.58. The number of hydrogen-bond donors (Lipinski definition) is 0. The summed E-state index contributed by atoms with van der Waals surface area (Å²) in [7, 11) is 0. The van der Waals surface area contributed by atoms with Crippen LogP contribution in [0.2, 0.25) is 0 Å². The highest BCUT2D eigenvalue weighted by molar-refractivity contribution is 5.98. The molecule has 0 aliphatic heterocycles. The lowest BCUT2D eigenvalue weighted by Gasteiger charge is -2.06. The minimum absolute atomic E-state index is 0.0915. The number of carbonyl (C=O) groups is 1. The van der Waals surface area contributed by atoms with Gasteiger partial charge in [-0.1, -0.05) is 18.2 Å². The van der Waals surface area contributed by atoms with Gasteiger partial charge in [0.05, 0.1) is 11.2 Å². The summed E-state index contributed by atoms with van der Waals surface area (Å²) in [6.45, 7) is 4.60. The Morgan fingerprint density at radius 2 is 2.05 bits per heavy atom. The molecule has 0 fully saturated rings. The average molecular weight is 279 g/mol. The van der Waals surface area contributed by atoms with Crippen LogP contribution in [0.5, 0.6) is 0 Å². The molecule has 3 aromatic rings. The lowest BCUT2D eigenvalue weighted by Crippen LogP contribution is -2.12. The van der Waals surface area contributed by atoms with Crippen molar-refractivity contribution in [2.75, 3.05) is 0 Å². The van der Waals surface area contributed by atoms with Crippen molar-refractivity contribution in [2.24, 2.45) is 0 Å². The lowest BCUT2D eigenvalue weighted by atomic mass is 10.0. The molecule has 0 unspecified atom stereocenters. The van der Waals surface area contributed by atoms with Crippen molar-refractivity contribution >= 4 is 16.7 Å². The van der Waals surface area contributed by atoms with E-state index >= 15 is 0 Å². The van der Waals surface area contributed by atoms with Gasteiger partial charge in [0.15, 0.2) is 5.78 Å². The molecule has 4 heteroatoms. The summed E-state index contributed by atoms with van der Waals surface area (Å²) in [5, 5.41) is 5.37. The SMILES string of the molecule is CCn1nc(C)cc1C(=O)Cc1ccnc2ccccc12. The number of para-hydroxylation sites is 1. The zero-order valence-corrected chi connectivity index (χ0v) is 12.2. The third kappa shape index (κ3) is 2.57. The van der Waals surface area contributed by atoms with E-state index in [1.807, 2.05) is 50.2 Å². The molecule has 4 nitrogen and oxygen atoms in total. The number of pyridine rings is 1. The Hall–Kier alpha value is -2.49. The van der Waals surface area contributed by atoms with Gasteiger partial charge in [-0.15, -0.1) is 0 Å². The molecule has 0 aliphatic carbocycles. The van der Waals surface area contributed by atoms with Gasteiger partial charge in [-0.25, -0.2) is 0 Å². The smallest absolute Gasteiger partial charge is 0.185 e. The van der Waals surface area contributed by atoms with Crippen LogP contribution < -0.4 is 0 Å². The van der Waals surface area contributed by atoms with Crippen LogP contribution in [0.25, 0.3) is 10.9 Å². The van der Waals surface area contributed by atoms with E-state index in [1.165, 1.54) is 0 Å². The Labute approximate surface area is 123 Å². The molecule has 106 valence electrons. The molecular weight excluding hydrogens is 262 g/mol. The van der Waals surface area contributed by atoms with Gasteiger partial charge in [-0.05, 0) is 37.6 Å². The maximum atomic E-state index is 12.6. The third-order valence-corrected chi connectivity index (χ3v) is 3.58. The van der Waals surface area contributed by atoms with E-state index in [2.05, 4.69) is 10.1 Å². The molecule has 1 aromatic carbocycles. The highest BCUT2D eigenvalue weighted by Crippen LogP contribution is 2.18. The molecule has 0 saturated carbocycles. The van der Waals surface area contributed by atoms with Crippen LogP contribution in [0, 0.1) is 6.92 Å². The van der Waals surface area contributed by atoms with Crippen molar-refractivity contribution in [3.63, 3.8) is 0 Å². The monoisotopic (exact) mass is 279 g/mol. The predicted molar refractivity (Wildman–Crippen MR) is 82.4 cm³/mol. The van der Waals surface area contributed by atoms with Crippen LogP contribution in [0.15, 0.2) is 42.6 Å². The molecule has 3 rings (SSSR count). The second kappa shape index (κ2) is 5.48. The maximum Gasteiger partial charge on any atom is 0.185 e. The average Bonchev–Trinajstić information content (AvgIpc) is 2.89. The summed E-state index contributed by atoms with van der Waals surface area (Å²) in [5.74, 6) is 0.0915. The number of Topliss-reactive ketones (excluding diaryl/α,β-unsaturated/α-hetero) is 1. The third-order valence-electron chi connectivity index (χ3n) is 3.58. The molecule has 0 radical (unpaired) electrons. The highest BCUT2D eigenvalue weighted by Gasteiger charge is 2.15. The number of nitrogens with zero attached hydrogens (tertiary/aromatic N) is 3. The van der Waals surface area contributed by atoms with Gasteiger partial charge < -0.3 is 0 Å². The molecule has 21 heavy (non-hydrogen) atoms. The van der Waals surface area contributed by atoms with E-state index < -0.39 is 0 Å². The fourth-order valence-electron chi connectivity index (χ4n) is 2.58. The van der Waals surface area contributed by atoms with Crippen molar-refractivity contribution in [2.45, 2.75) is 26.8 Å². The number of carbonyl (C=O) groups excluding carboxylic acids is 1. The zero-order valence-electron chi connectivity index (χ0n) is 12.2. The largest absolute Gasteiger partial charge is 0.292 e. The number of ketones is 1. The molecular formula is C17H17N3O. The van der Waals surface area contributed by atoms with E-state index in [9.17, 15) is 4.79 Å². The van der Waals surface area contributed by atoms with Crippen LogP contribution in [0.3, 0.4) is 0 Å². The molecule has 2 heterocycles. The van der Waals surface area contributed by atoms with Crippen LogP contribution in [-0.2, 0) is 13.0 Å². The van der Waals surface area contributed by atoms with Gasteiger partial charge in [-0.3, -0.25) is 14.5 Å². The lowest BCUT2D eigenvalue weighted by molar-refractivity contribution is 0.0983. The van der Waals surface area contributed by atoms with Crippen molar-refractivity contribution in [3.8, 4) is 0 Å². The number of aromatic nitrogens is 3. The second-order valence-corrected chi connectivity index (χ2v) is 5.07. The number of benzene rings is 1. The van der Waals surface area contributed by atoms with E-state index in [0.29, 0.717) is 18.7 Å². The Balaban J connectivity index is 1.96. The van der Waals surface area contributed by atoms with Gasteiger partial charge in [0, 0.05) is 24.5 Å². The zero-order chi connectivity index (χ0) is 14.8. The Kier molecular flexibility index (Phi) is 3.52. The van der Waals surface area contributed by atoms with Gasteiger partial charge in [0.25, 0.3) is 0 Å². The first-order valence-electron chi connectivity index (χ1n) is 7.09. The summed E-state index contributed by atoms with van der Waals surface area (Å²) in [6, 6.07) is 11.7. The molecule has 0 spiro atoms. The summed E-state index contributed by atoms with van der Waals surface area (Å²) >= 11 is 0. The number of fused-ring (bicyclic) bond motifs is 1. The minimum atomic E-state index is 0.0915. The first-order valence-corrected chi connectivity index (χ1v) is 7.09. The standard InChI is InChI=1S/C17H17N3O/c1-3-20-16(10-12(2)19-20)17(21)11-13-8-9-18-15-7-5-4-6-14(13)15/h4-10H,3,11H2,1-2H3. The second-order valence-electron chi connectivity index (χ2n) is 5.07. The van der Waals surface area contributed by atoms with E-state index in [0.717, 1.165) is 22.2 Å². The summed E-state index contributed by atoms with van der Waals surface area (Å²) < 4.78 is 1.76. The van der Waals surface area contributed by atoms with Crippen molar-refractivity contribution in [1.29, 1.82) is 0 Å². The first kappa shape index (κ1) is 13.5. The Morgan fingerprint density at radius 3 is 2.86 bits per heavy atom. The molecule has 0 atom stereocenters. The minimum Gasteiger partial charge on any atom is -0.292 e. The van der Waals surface area contributed by atoms with E-state index in [1.54, 1.807) is 10.9 Å². The van der Waals surface area contributed by atoms with Crippen molar-refractivity contribution in [3.05, 3.63) is 59.5 Å². The fraction of sp³-hybridized carbons (Fsp3) is 0.235. The summed E-state index contributed by atoms with van der Waals surface area (Å²) in [5.41, 5.74) is 3.48. The number of hydrogen-bond acceptors (Lipinski definition) is 3. The summed E-state index contributed by atoms with van der Waals surface area (Å²) in [6.07, 6.45) is 2.13. The Bertz CT molecular complexity index is 799. The maximum absolute atomic E-state index is 12.6. The summed E-state index contributed by atoms with van der Waals surface area (Å²) in [4.78, 5) is 16.9. The number of aryl methyl sites for hydroxylation is 2. The van der Waals surface area contributed by atoms with E-state index in [4.69, 9.17) is 0 Å². The molecule has 0 aliphatic rings. The van der Waals surface area contributed by atoms with Crippen LogP contribution in [-0.4, -0.2) is 20.5 Å². The molecule has 0 N–H and O–H groups in total. The number of rotatable bonds is 4. The van der Waals surface area contributed by atoms with Gasteiger partial charge in [0.1, 0.15) is 5.69 Å². The van der Waals surface area contributed by atoms with E-state index in [-0.39, 0.29) is 5.78 Å². The van der Waals surface area contributed by atoms with Crippen LogP contribution in [0.1, 0.15) is 28.7 Å². The van der Waals surface area contributed by atoms with Crippen molar-refractivity contribution < 1.29 is 4.79 Å². The quantitative estimate of drug-likeness (QED) is 0.689. The predicted octanol–water partition coefficient (Wildman–Crippen LogP) is 3.19. The van der Waals surface area contributed by atoms with Gasteiger partial charge in [-0.2, -0.15) is 5.10 Å². The highest BCUT2D eigenvalue weighted by atomic mass is 16.1. The van der Waals surface area contributed by atoms with Crippen molar-refractivity contribution in [1.82, 2.24) is 14.8 Å². The molecule has 0 amide bonds. The molecule has 0 saturated heterocycles. The Morgan fingerprint density at radius 1 is 1.24 bits per heavy atom. The van der Waals surface area contributed by atoms with Crippen LogP contribution >= 0.6 is 0 Å². The molecule has 0 bridgehead atoms.